The van der Waals surface area contributed by atoms with E-state index in [1.54, 1.807) is 17.1 Å². The zero-order chi connectivity index (χ0) is 13.8. The summed E-state index contributed by atoms with van der Waals surface area (Å²) >= 11 is 0. The lowest BCUT2D eigenvalue weighted by molar-refractivity contribution is 0.232. The summed E-state index contributed by atoms with van der Waals surface area (Å²) in [6, 6.07) is 0.109. The molecule has 0 aromatic carbocycles. The third kappa shape index (κ3) is 3.67. The fourth-order valence-corrected chi connectivity index (χ4v) is 1.68. The van der Waals surface area contributed by atoms with Gasteiger partial charge in [0.15, 0.2) is 0 Å². The molecular weight excluding hydrogens is 242 g/mol. The Morgan fingerprint density at radius 3 is 2.63 bits per heavy atom. The van der Waals surface area contributed by atoms with E-state index < -0.39 is 0 Å². The van der Waals surface area contributed by atoms with Crippen LogP contribution < -0.4 is 10.1 Å². The van der Waals surface area contributed by atoms with Crippen LogP contribution in [0.4, 0.5) is 5.82 Å². The minimum Gasteiger partial charge on any atom is -0.474 e. The molecule has 6 heteroatoms. The topological polar surface area (TPSA) is 64.9 Å². The lowest BCUT2D eigenvalue weighted by Gasteiger charge is -2.14. The van der Waals surface area contributed by atoms with Crippen molar-refractivity contribution in [3.63, 3.8) is 0 Å². The molecule has 0 aliphatic heterocycles. The first kappa shape index (κ1) is 13.3. The number of aromatic nitrogens is 4. The predicted octanol–water partition coefficient (Wildman–Crippen LogP) is 2.17. The van der Waals surface area contributed by atoms with Crippen LogP contribution in [0, 0.1) is 0 Å². The van der Waals surface area contributed by atoms with Crippen molar-refractivity contribution in [3.05, 3.63) is 30.4 Å². The van der Waals surface area contributed by atoms with Gasteiger partial charge >= 0.3 is 0 Å². The Morgan fingerprint density at radius 2 is 2.00 bits per heavy atom. The Labute approximate surface area is 112 Å². The maximum absolute atomic E-state index is 5.52. The maximum atomic E-state index is 5.52. The second-order valence-electron chi connectivity index (χ2n) is 4.72. The maximum Gasteiger partial charge on any atom is 0.234 e. The first-order valence-corrected chi connectivity index (χ1v) is 6.28. The van der Waals surface area contributed by atoms with Crippen molar-refractivity contribution in [3.8, 4) is 5.88 Å². The highest BCUT2D eigenvalue weighted by molar-refractivity contribution is 5.36. The lowest BCUT2D eigenvalue weighted by atomic mass is 10.2. The minimum atomic E-state index is 0.0836. The van der Waals surface area contributed by atoms with Crippen LogP contribution in [-0.4, -0.2) is 25.9 Å². The standard InChI is InChI=1S/C13H19N5O/c1-9(2)19-13-7-14-6-12(17-13)16-10(3)11-5-15-18(4)8-11/h5-10H,1-4H3,(H,16,17). The summed E-state index contributed by atoms with van der Waals surface area (Å²) < 4.78 is 7.29. The van der Waals surface area contributed by atoms with Crippen LogP contribution in [0.3, 0.4) is 0 Å². The summed E-state index contributed by atoms with van der Waals surface area (Å²) in [5.41, 5.74) is 1.10. The van der Waals surface area contributed by atoms with Crippen LogP contribution >= 0.6 is 0 Å². The number of aryl methyl sites for hydroxylation is 1. The summed E-state index contributed by atoms with van der Waals surface area (Å²) in [6.07, 6.45) is 7.18. The largest absolute Gasteiger partial charge is 0.474 e. The second kappa shape index (κ2) is 5.69. The van der Waals surface area contributed by atoms with E-state index >= 15 is 0 Å². The minimum absolute atomic E-state index is 0.0836. The Hall–Kier alpha value is -2.11. The molecule has 0 saturated heterocycles. The predicted molar refractivity (Wildman–Crippen MR) is 73.0 cm³/mol. The van der Waals surface area contributed by atoms with E-state index in [9.17, 15) is 0 Å². The van der Waals surface area contributed by atoms with Gasteiger partial charge in [0.2, 0.25) is 5.88 Å². The van der Waals surface area contributed by atoms with Gasteiger partial charge in [-0.25, -0.2) is 0 Å². The van der Waals surface area contributed by atoms with Crippen LogP contribution in [-0.2, 0) is 7.05 Å². The molecule has 0 amide bonds. The first-order valence-electron chi connectivity index (χ1n) is 6.28. The van der Waals surface area contributed by atoms with Gasteiger partial charge in [-0.2, -0.15) is 10.1 Å². The highest BCUT2D eigenvalue weighted by Crippen LogP contribution is 2.18. The van der Waals surface area contributed by atoms with Gasteiger partial charge in [0.1, 0.15) is 5.82 Å². The summed E-state index contributed by atoms with van der Waals surface area (Å²) in [5.74, 6) is 1.22. The van der Waals surface area contributed by atoms with Crippen molar-refractivity contribution in [2.45, 2.75) is 32.9 Å². The molecule has 2 aromatic rings. The van der Waals surface area contributed by atoms with Gasteiger partial charge in [0.05, 0.1) is 30.7 Å². The van der Waals surface area contributed by atoms with E-state index in [2.05, 4.69) is 27.3 Å². The molecule has 0 aliphatic rings. The van der Waals surface area contributed by atoms with Gasteiger partial charge in [-0.1, -0.05) is 0 Å². The first-order chi connectivity index (χ1) is 9.04. The third-order valence-electron chi connectivity index (χ3n) is 2.56. The SMILES string of the molecule is CC(C)Oc1cncc(NC(C)c2cnn(C)c2)n1. The molecule has 102 valence electrons. The van der Waals surface area contributed by atoms with Crippen molar-refractivity contribution < 1.29 is 4.74 Å². The van der Waals surface area contributed by atoms with Crippen molar-refractivity contribution in [2.75, 3.05) is 5.32 Å². The molecule has 6 nitrogen and oxygen atoms in total. The summed E-state index contributed by atoms with van der Waals surface area (Å²) in [6.45, 7) is 5.97. The summed E-state index contributed by atoms with van der Waals surface area (Å²) in [7, 11) is 1.90. The molecular formula is C13H19N5O. The second-order valence-corrected chi connectivity index (χ2v) is 4.72. The highest BCUT2D eigenvalue weighted by Gasteiger charge is 2.09. The number of ether oxygens (including phenoxy) is 1. The van der Waals surface area contributed by atoms with Gasteiger partial charge in [-0.3, -0.25) is 9.67 Å². The van der Waals surface area contributed by atoms with Crippen molar-refractivity contribution in [1.82, 2.24) is 19.7 Å². The Balaban J connectivity index is 2.06. The van der Waals surface area contributed by atoms with Gasteiger partial charge < -0.3 is 10.1 Å². The quantitative estimate of drug-likeness (QED) is 0.893. The molecule has 2 aromatic heterocycles. The fourth-order valence-electron chi connectivity index (χ4n) is 1.68. The molecule has 0 saturated carbocycles. The third-order valence-corrected chi connectivity index (χ3v) is 2.56. The van der Waals surface area contributed by atoms with Gasteiger partial charge in [-0.15, -0.1) is 0 Å². The van der Waals surface area contributed by atoms with E-state index in [-0.39, 0.29) is 12.1 Å². The van der Waals surface area contributed by atoms with Crippen molar-refractivity contribution in [1.29, 1.82) is 0 Å². The number of rotatable bonds is 5. The summed E-state index contributed by atoms with van der Waals surface area (Å²) in [5, 5.41) is 7.43. The van der Waals surface area contributed by atoms with E-state index in [1.165, 1.54) is 0 Å². The van der Waals surface area contributed by atoms with E-state index in [0.29, 0.717) is 11.7 Å². The lowest BCUT2D eigenvalue weighted by Crippen LogP contribution is -2.10. The molecule has 0 spiro atoms. The highest BCUT2D eigenvalue weighted by atomic mass is 16.5. The molecule has 1 unspecified atom stereocenters. The molecule has 1 atom stereocenters. The number of nitrogens with one attached hydrogen (secondary N) is 1. The van der Waals surface area contributed by atoms with Crippen molar-refractivity contribution in [2.24, 2.45) is 7.05 Å². The summed E-state index contributed by atoms with van der Waals surface area (Å²) in [4.78, 5) is 8.48. The molecule has 0 bridgehead atoms. The van der Waals surface area contributed by atoms with E-state index in [1.807, 2.05) is 33.3 Å². The number of hydrogen-bond donors (Lipinski definition) is 1. The average Bonchev–Trinajstić information content (AvgIpc) is 2.75. The van der Waals surface area contributed by atoms with Crippen LogP contribution in [0.1, 0.15) is 32.4 Å². The van der Waals surface area contributed by atoms with E-state index in [0.717, 1.165) is 5.56 Å². The van der Waals surface area contributed by atoms with Crippen LogP contribution in [0.15, 0.2) is 24.8 Å². The molecule has 0 radical (unpaired) electrons. The van der Waals surface area contributed by atoms with Gasteiger partial charge in [0, 0.05) is 18.8 Å². The van der Waals surface area contributed by atoms with Crippen LogP contribution in [0.25, 0.3) is 0 Å². The molecule has 0 fully saturated rings. The number of nitrogens with zero attached hydrogens (tertiary/aromatic N) is 4. The van der Waals surface area contributed by atoms with E-state index in [4.69, 9.17) is 4.74 Å². The Bertz CT molecular complexity index is 537. The normalized spacial score (nSPS) is 12.5. The monoisotopic (exact) mass is 261 g/mol. The number of hydrogen-bond acceptors (Lipinski definition) is 5. The Kier molecular flexibility index (Phi) is 3.99. The zero-order valence-electron chi connectivity index (χ0n) is 11.7. The molecule has 0 aliphatic carbocycles. The smallest absolute Gasteiger partial charge is 0.234 e. The molecule has 2 heterocycles. The van der Waals surface area contributed by atoms with Crippen LogP contribution in [0.5, 0.6) is 5.88 Å². The Morgan fingerprint density at radius 1 is 1.21 bits per heavy atom. The van der Waals surface area contributed by atoms with Gasteiger partial charge in [0.25, 0.3) is 0 Å². The van der Waals surface area contributed by atoms with Gasteiger partial charge in [-0.05, 0) is 20.8 Å². The van der Waals surface area contributed by atoms with Crippen molar-refractivity contribution >= 4 is 5.82 Å². The zero-order valence-corrected chi connectivity index (χ0v) is 11.7. The molecule has 2 rings (SSSR count). The van der Waals surface area contributed by atoms with Crippen LogP contribution in [0.2, 0.25) is 0 Å². The average molecular weight is 261 g/mol. The molecule has 1 N–H and O–H groups in total. The number of anilines is 1. The fraction of sp³-hybridized carbons (Fsp3) is 0.462. The molecule has 19 heavy (non-hydrogen) atoms.